The molecular weight excluding hydrogens is 372 g/mol. The van der Waals surface area contributed by atoms with Crippen molar-refractivity contribution in [2.24, 2.45) is 0 Å². The van der Waals surface area contributed by atoms with Crippen molar-refractivity contribution in [2.45, 2.75) is 12.8 Å². The monoisotopic (exact) mass is 396 g/mol. The molecule has 146 valence electrons. The molecule has 0 atom stereocenters. The van der Waals surface area contributed by atoms with Crippen LogP contribution in [0.4, 0.5) is 0 Å². The molecule has 0 radical (unpaired) electrons. The van der Waals surface area contributed by atoms with Gasteiger partial charge in [0.1, 0.15) is 18.1 Å². The molecule has 0 saturated carbocycles. The summed E-state index contributed by atoms with van der Waals surface area (Å²) in [5.74, 6) is 1.58. The summed E-state index contributed by atoms with van der Waals surface area (Å²) < 4.78 is 10.8. The van der Waals surface area contributed by atoms with Crippen LogP contribution < -0.4 is 9.47 Å². The lowest BCUT2D eigenvalue weighted by Gasteiger charge is -2.17. The predicted molar refractivity (Wildman–Crippen MR) is 111 cm³/mol. The molecular formula is C22H24N2O3S. The van der Waals surface area contributed by atoms with Gasteiger partial charge in [-0.05, 0) is 29.8 Å². The molecule has 1 heterocycles. The van der Waals surface area contributed by atoms with Gasteiger partial charge in [0.25, 0.3) is 0 Å². The third kappa shape index (κ3) is 5.82. The Morgan fingerprint density at radius 3 is 2.50 bits per heavy atom. The first kappa shape index (κ1) is 19.9. The van der Waals surface area contributed by atoms with E-state index in [1.807, 2.05) is 47.8 Å². The number of carbonyl (C=O) groups is 1. The summed E-state index contributed by atoms with van der Waals surface area (Å²) in [5, 5.41) is 3.00. The third-order valence-electron chi connectivity index (χ3n) is 4.31. The van der Waals surface area contributed by atoms with Gasteiger partial charge in [-0.1, -0.05) is 30.3 Å². The summed E-state index contributed by atoms with van der Waals surface area (Å²) >= 11 is 1.60. The Bertz CT molecular complexity index is 878. The molecule has 6 heteroatoms. The molecule has 1 aromatic heterocycles. The quantitative estimate of drug-likeness (QED) is 0.552. The van der Waals surface area contributed by atoms with Crippen LogP contribution in [0.15, 0.2) is 60.0 Å². The maximum absolute atomic E-state index is 12.4. The fourth-order valence-corrected chi connectivity index (χ4v) is 3.50. The molecule has 0 spiro atoms. The van der Waals surface area contributed by atoms with E-state index in [2.05, 4.69) is 17.1 Å². The van der Waals surface area contributed by atoms with Crippen LogP contribution in [0.25, 0.3) is 0 Å². The number of methoxy groups -OCH3 is 1. The lowest BCUT2D eigenvalue weighted by Crippen LogP contribution is -2.32. The molecule has 0 fully saturated rings. The zero-order chi connectivity index (χ0) is 19.8. The predicted octanol–water partition coefficient (Wildman–Crippen LogP) is 3.82. The Kier molecular flexibility index (Phi) is 7.03. The third-order valence-corrected chi connectivity index (χ3v) is 5.21. The fourth-order valence-electron chi connectivity index (χ4n) is 2.67. The number of ether oxygens (including phenoxy) is 2. The zero-order valence-corrected chi connectivity index (χ0v) is 16.9. The largest absolute Gasteiger partial charge is 0.497 e. The van der Waals surface area contributed by atoms with Crippen molar-refractivity contribution in [1.29, 1.82) is 0 Å². The number of likely N-dealkylation sites (N-methyl/N-ethyl adjacent to an activating group) is 1. The van der Waals surface area contributed by atoms with E-state index < -0.39 is 0 Å². The number of carbonyl (C=O) groups excluding carboxylic acids is 1. The van der Waals surface area contributed by atoms with Crippen LogP contribution in [0.3, 0.4) is 0 Å². The Labute approximate surface area is 169 Å². The molecule has 3 rings (SSSR count). The highest BCUT2D eigenvalue weighted by molar-refractivity contribution is 7.09. The van der Waals surface area contributed by atoms with Gasteiger partial charge < -0.3 is 14.4 Å². The highest BCUT2D eigenvalue weighted by Crippen LogP contribution is 2.17. The number of rotatable bonds is 9. The Hall–Kier alpha value is -2.86. The lowest BCUT2D eigenvalue weighted by atomic mass is 10.2. The number of amides is 1. The summed E-state index contributed by atoms with van der Waals surface area (Å²) in [7, 11) is 3.42. The van der Waals surface area contributed by atoms with E-state index in [-0.39, 0.29) is 5.91 Å². The van der Waals surface area contributed by atoms with E-state index in [0.717, 1.165) is 28.6 Å². The number of hydrogen-bond donors (Lipinski definition) is 0. The summed E-state index contributed by atoms with van der Waals surface area (Å²) in [4.78, 5) is 18.7. The van der Waals surface area contributed by atoms with Crippen molar-refractivity contribution in [3.05, 3.63) is 76.2 Å². The molecule has 0 aliphatic carbocycles. The summed E-state index contributed by atoms with van der Waals surface area (Å²) in [6.07, 6.45) is 1.11. The molecule has 0 aliphatic rings. The SMILES string of the molecule is COc1ccc(OCCN(C)C(=O)Cc2csc(Cc3ccccc3)n2)cc1. The zero-order valence-electron chi connectivity index (χ0n) is 16.1. The van der Waals surface area contributed by atoms with Crippen LogP contribution >= 0.6 is 11.3 Å². The number of benzene rings is 2. The Balaban J connectivity index is 1.43. The Morgan fingerprint density at radius 1 is 1.07 bits per heavy atom. The molecule has 5 nitrogen and oxygen atoms in total. The lowest BCUT2D eigenvalue weighted by molar-refractivity contribution is -0.129. The average Bonchev–Trinajstić information content (AvgIpc) is 3.15. The first-order chi connectivity index (χ1) is 13.6. The van der Waals surface area contributed by atoms with Gasteiger partial charge in [0, 0.05) is 18.8 Å². The number of hydrogen-bond acceptors (Lipinski definition) is 5. The fraction of sp³-hybridized carbons (Fsp3) is 0.273. The second-order valence-corrected chi connectivity index (χ2v) is 7.35. The van der Waals surface area contributed by atoms with E-state index in [9.17, 15) is 4.79 Å². The first-order valence-electron chi connectivity index (χ1n) is 9.12. The van der Waals surface area contributed by atoms with Crippen LogP contribution in [0.2, 0.25) is 0 Å². The molecule has 0 saturated heterocycles. The van der Waals surface area contributed by atoms with E-state index in [1.165, 1.54) is 5.56 Å². The molecule has 1 amide bonds. The highest BCUT2D eigenvalue weighted by Gasteiger charge is 2.12. The number of thiazole rings is 1. The van der Waals surface area contributed by atoms with Crippen molar-refractivity contribution in [3.8, 4) is 11.5 Å². The smallest absolute Gasteiger partial charge is 0.228 e. The van der Waals surface area contributed by atoms with Gasteiger partial charge in [-0.25, -0.2) is 4.98 Å². The second kappa shape index (κ2) is 9.90. The maximum Gasteiger partial charge on any atom is 0.228 e. The molecule has 0 aliphatic heterocycles. The Morgan fingerprint density at radius 2 is 1.79 bits per heavy atom. The number of aromatic nitrogens is 1. The minimum absolute atomic E-state index is 0.0369. The molecule has 3 aromatic rings. The second-order valence-electron chi connectivity index (χ2n) is 6.41. The first-order valence-corrected chi connectivity index (χ1v) is 10.00. The van der Waals surface area contributed by atoms with Gasteiger partial charge in [0.15, 0.2) is 0 Å². The van der Waals surface area contributed by atoms with Crippen LogP contribution in [0.1, 0.15) is 16.3 Å². The molecule has 0 unspecified atom stereocenters. The normalized spacial score (nSPS) is 10.5. The minimum Gasteiger partial charge on any atom is -0.497 e. The molecule has 2 aromatic carbocycles. The molecule has 28 heavy (non-hydrogen) atoms. The average molecular weight is 397 g/mol. The minimum atomic E-state index is 0.0369. The van der Waals surface area contributed by atoms with E-state index in [1.54, 1.807) is 30.4 Å². The van der Waals surface area contributed by atoms with Crippen LogP contribution in [0.5, 0.6) is 11.5 Å². The molecule has 0 N–H and O–H groups in total. The van der Waals surface area contributed by atoms with Crippen molar-refractivity contribution >= 4 is 17.2 Å². The summed E-state index contributed by atoms with van der Waals surface area (Å²) in [5.41, 5.74) is 2.05. The van der Waals surface area contributed by atoms with Crippen molar-refractivity contribution in [3.63, 3.8) is 0 Å². The van der Waals surface area contributed by atoms with Gasteiger partial charge in [-0.15, -0.1) is 11.3 Å². The standard InChI is InChI=1S/C22H24N2O3S/c1-24(12-13-27-20-10-8-19(26-2)9-11-20)22(25)15-18-16-28-21(23-18)14-17-6-4-3-5-7-17/h3-11,16H,12-15H2,1-2H3. The summed E-state index contributed by atoms with van der Waals surface area (Å²) in [6, 6.07) is 17.6. The topological polar surface area (TPSA) is 51.7 Å². The maximum atomic E-state index is 12.4. The van der Waals surface area contributed by atoms with Gasteiger partial charge in [0.05, 0.1) is 30.8 Å². The van der Waals surface area contributed by atoms with Gasteiger partial charge in [-0.3, -0.25) is 4.79 Å². The van der Waals surface area contributed by atoms with Crippen LogP contribution in [0, 0.1) is 0 Å². The summed E-state index contributed by atoms with van der Waals surface area (Å²) in [6.45, 7) is 0.955. The number of nitrogens with zero attached hydrogens (tertiary/aromatic N) is 2. The van der Waals surface area contributed by atoms with E-state index in [4.69, 9.17) is 9.47 Å². The van der Waals surface area contributed by atoms with Crippen LogP contribution in [-0.4, -0.2) is 43.1 Å². The van der Waals surface area contributed by atoms with E-state index in [0.29, 0.717) is 19.6 Å². The van der Waals surface area contributed by atoms with Gasteiger partial charge in [0.2, 0.25) is 5.91 Å². The molecule has 0 bridgehead atoms. The van der Waals surface area contributed by atoms with Crippen molar-refractivity contribution in [2.75, 3.05) is 27.3 Å². The van der Waals surface area contributed by atoms with Gasteiger partial charge in [-0.2, -0.15) is 0 Å². The van der Waals surface area contributed by atoms with Crippen LogP contribution in [-0.2, 0) is 17.6 Å². The van der Waals surface area contributed by atoms with Crippen molar-refractivity contribution in [1.82, 2.24) is 9.88 Å². The van der Waals surface area contributed by atoms with Gasteiger partial charge >= 0.3 is 0 Å². The highest BCUT2D eigenvalue weighted by atomic mass is 32.1. The van der Waals surface area contributed by atoms with E-state index >= 15 is 0 Å². The van der Waals surface area contributed by atoms with Crippen molar-refractivity contribution < 1.29 is 14.3 Å².